The van der Waals surface area contributed by atoms with Crippen LogP contribution >= 0.6 is 11.3 Å². The number of hydrazone groups is 1. The molecule has 0 saturated carbocycles. The average molecular weight is 319 g/mol. The molecule has 0 saturated heterocycles. The summed E-state index contributed by atoms with van der Waals surface area (Å²) in [5.41, 5.74) is 4.75. The standard InChI is InChI=1S/C15H17N3O3S/c1-4-21-15(20)18-17-10(3)13-9(2)16-14(22-13)11-5-7-12(19)8-6-11/h5-8,19H,4H2,1-3H3,(H,18,20)/b17-10+. The number of thiazole rings is 1. The van der Waals surface area contributed by atoms with Gasteiger partial charge in [-0.3, -0.25) is 0 Å². The summed E-state index contributed by atoms with van der Waals surface area (Å²) in [7, 11) is 0. The highest BCUT2D eigenvalue weighted by Gasteiger charge is 2.12. The topological polar surface area (TPSA) is 83.8 Å². The predicted molar refractivity (Wildman–Crippen MR) is 86.3 cm³/mol. The lowest BCUT2D eigenvalue weighted by Crippen LogP contribution is -2.20. The van der Waals surface area contributed by atoms with Crippen LogP contribution in [-0.4, -0.2) is 28.5 Å². The Labute approximate surface area is 132 Å². The van der Waals surface area contributed by atoms with Gasteiger partial charge in [-0.25, -0.2) is 15.2 Å². The van der Waals surface area contributed by atoms with Gasteiger partial charge in [0.1, 0.15) is 10.8 Å². The van der Waals surface area contributed by atoms with Gasteiger partial charge in [0.05, 0.1) is 22.9 Å². The van der Waals surface area contributed by atoms with Crippen molar-refractivity contribution in [3.63, 3.8) is 0 Å². The van der Waals surface area contributed by atoms with Crippen LogP contribution in [0.2, 0.25) is 0 Å². The SMILES string of the molecule is CCOC(=O)N/N=C(\C)c1sc(-c2ccc(O)cc2)nc1C. The molecule has 0 bridgehead atoms. The van der Waals surface area contributed by atoms with E-state index in [4.69, 9.17) is 4.74 Å². The van der Waals surface area contributed by atoms with Gasteiger partial charge in [0, 0.05) is 5.56 Å². The van der Waals surface area contributed by atoms with E-state index >= 15 is 0 Å². The number of benzene rings is 1. The zero-order valence-electron chi connectivity index (χ0n) is 12.6. The lowest BCUT2D eigenvalue weighted by molar-refractivity contribution is 0.152. The smallest absolute Gasteiger partial charge is 0.427 e. The van der Waals surface area contributed by atoms with Crippen molar-refractivity contribution in [1.29, 1.82) is 0 Å². The van der Waals surface area contributed by atoms with Crippen molar-refractivity contribution in [3.8, 4) is 16.3 Å². The highest BCUT2D eigenvalue weighted by molar-refractivity contribution is 7.17. The summed E-state index contributed by atoms with van der Waals surface area (Å²) < 4.78 is 4.75. The number of carbonyl (C=O) groups excluding carboxylic acids is 1. The van der Waals surface area contributed by atoms with Gasteiger partial charge in [-0.15, -0.1) is 11.3 Å². The molecule has 22 heavy (non-hydrogen) atoms. The monoisotopic (exact) mass is 319 g/mol. The second-order valence-electron chi connectivity index (χ2n) is 4.51. The molecule has 0 aliphatic carbocycles. The molecule has 0 aliphatic heterocycles. The maximum absolute atomic E-state index is 11.2. The Hall–Kier alpha value is -2.41. The number of hydrogen-bond acceptors (Lipinski definition) is 6. The summed E-state index contributed by atoms with van der Waals surface area (Å²) in [4.78, 5) is 16.6. The molecule has 7 heteroatoms. The molecule has 0 aliphatic rings. The number of nitrogens with one attached hydrogen (secondary N) is 1. The largest absolute Gasteiger partial charge is 0.508 e. The van der Waals surface area contributed by atoms with Crippen molar-refractivity contribution < 1.29 is 14.6 Å². The van der Waals surface area contributed by atoms with E-state index in [-0.39, 0.29) is 5.75 Å². The van der Waals surface area contributed by atoms with Gasteiger partial charge in [-0.2, -0.15) is 5.10 Å². The van der Waals surface area contributed by atoms with E-state index in [1.54, 1.807) is 38.1 Å². The highest BCUT2D eigenvalue weighted by atomic mass is 32.1. The summed E-state index contributed by atoms with van der Waals surface area (Å²) in [5.74, 6) is 0.216. The fourth-order valence-electron chi connectivity index (χ4n) is 1.80. The Morgan fingerprint density at radius 1 is 1.41 bits per heavy atom. The van der Waals surface area contributed by atoms with Crippen molar-refractivity contribution >= 4 is 23.1 Å². The van der Waals surface area contributed by atoms with E-state index in [0.717, 1.165) is 21.1 Å². The van der Waals surface area contributed by atoms with Crippen LogP contribution in [0.1, 0.15) is 24.4 Å². The number of phenolic OH excluding ortho intramolecular Hbond substituents is 1. The number of nitrogens with zero attached hydrogens (tertiary/aromatic N) is 2. The predicted octanol–water partition coefficient (Wildman–Crippen LogP) is 3.29. The molecule has 116 valence electrons. The quantitative estimate of drug-likeness (QED) is 0.669. The maximum Gasteiger partial charge on any atom is 0.427 e. The van der Waals surface area contributed by atoms with Crippen LogP contribution in [0, 0.1) is 6.92 Å². The molecular weight excluding hydrogens is 302 g/mol. The Kier molecular flexibility index (Phi) is 5.11. The number of rotatable bonds is 4. The van der Waals surface area contributed by atoms with Crippen LogP contribution in [0.4, 0.5) is 4.79 Å². The normalized spacial score (nSPS) is 11.3. The Morgan fingerprint density at radius 2 is 2.09 bits per heavy atom. The van der Waals surface area contributed by atoms with E-state index in [0.29, 0.717) is 12.3 Å². The molecule has 2 rings (SSSR count). The van der Waals surface area contributed by atoms with Gasteiger partial charge in [-0.1, -0.05) is 0 Å². The van der Waals surface area contributed by atoms with Gasteiger partial charge in [0.2, 0.25) is 0 Å². The van der Waals surface area contributed by atoms with Crippen molar-refractivity contribution in [1.82, 2.24) is 10.4 Å². The third-order valence-corrected chi connectivity index (χ3v) is 4.15. The molecule has 0 atom stereocenters. The number of phenols is 1. The molecule has 2 aromatic rings. The first-order chi connectivity index (χ1) is 10.5. The Bertz CT molecular complexity index is 693. The average Bonchev–Trinajstić information content (AvgIpc) is 2.88. The van der Waals surface area contributed by atoms with Crippen LogP contribution in [0.25, 0.3) is 10.6 Å². The zero-order valence-corrected chi connectivity index (χ0v) is 13.4. The van der Waals surface area contributed by atoms with Crippen molar-refractivity contribution in [2.45, 2.75) is 20.8 Å². The lowest BCUT2D eigenvalue weighted by Gasteiger charge is -2.01. The summed E-state index contributed by atoms with van der Waals surface area (Å²) in [6, 6.07) is 6.85. The number of aryl methyl sites for hydroxylation is 1. The second kappa shape index (κ2) is 7.04. The number of amides is 1. The molecule has 1 aromatic carbocycles. The third-order valence-electron chi connectivity index (χ3n) is 2.83. The van der Waals surface area contributed by atoms with Crippen molar-refractivity contribution in [2.24, 2.45) is 5.10 Å². The van der Waals surface area contributed by atoms with E-state index in [2.05, 4.69) is 15.5 Å². The third kappa shape index (κ3) is 3.82. The first kappa shape index (κ1) is 16.0. The van der Waals surface area contributed by atoms with Crippen LogP contribution in [0.3, 0.4) is 0 Å². The zero-order chi connectivity index (χ0) is 16.1. The summed E-state index contributed by atoms with van der Waals surface area (Å²) in [6.45, 7) is 5.71. The molecule has 2 N–H and O–H groups in total. The van der Waals surface area contributed by atoms with Crippen molar-refractivity contribution in [3.05, 3.63) is 34.8 Å². The van der Waals surface area contributed by atoms with Crippen LogP contribution < -0.4 is 5.43 Å². The van der Waals surface area contributed by atoms with Gasteiger partial charge in [0.25, 0.3) is 0 Å². The van der Waals surface area contributed by atoms with Crippen LogP contribution in [-0.2, 0) is 4.74 Å². The molecule has 1 heterocycles. The first-order valence-corrected chi connectivity index (χ1v) is 7.57. The van der Waals surface area contributed by atoms with E-state index in [9.17, 15) is 9.90 Å². The van der Waals surface area contributed by atoms with Crippen LogP contribution in [0.15, 0.2) is 29.4 Å². The number of ether oxygens (including phenoxy) is 1. The molecule has 1 aromatic heterocycles. The Balaban J connectivity index is 2.20. The summed E-state index contributed by atoms with van der Waals surface area (Å²) in [6.07, 6.45) is -0.581. The summed E-state index contributed by atoms with van der Waals surface area (Å²) in [5, 5.41) is 14.2. The minimum Gasteiger partial charge on any atom is -0.508 e. The minimum absolute atomic E-state index is 0.216. The van der Waals surface area contributed by atoms with Crippen molar-refractivity contribution in [2.75, 3.05) is 6.61 Å². The number of aromatic nitrogens is 1. The fraction of sp³-hybridized carbons (Fsp3) is 0.267. The van der Waals surface area contributed by atoms with Gasteiger partial charge < -0.3 is 9.84 Å². The number of aromatic hydroxyl groups is 1. The van der Waals surface area contributed by atoms with E-state index in [1.165, 1.54) is 11.3 Å². The Morgan fingerprint density at radius 3 is 2.73 bits per heavy atom. The molecule has 0 spiro atoms. The maximum atomic E-state index is 11.2. The molecule has 0 fully saturated rings. The number of carbonyl (C=O) groups is 1. The minimum atomic E-state index is -0.581. The van der Waals surface area contributed by atoms with Gasteiger partial charge in [-0.05, 0) is 45.0 Å². The fourth-order valence-corrected chi connectivity index (χ4v) is 2.82. The van der Waals surface area contributed by atoms with E-state index in [1.807, 2.05) is 6.92 Å². The first-order valence-electron chi connectivity index (χ1n) is 6.75. The van der Waals surface area contributed by atoms with Gasteiger partial charge in [0.15, 0.2) is 0 Å². The summed E-state index contributed by atoms with van der Waals surface area (Å²) >= 11 is 1.48. The highest BCUT2D eigenvalue weighted by Crippen LogP contribution is 2.29. The van der Waals surface area contributed by atoms with E-state index < -0.39 is 6.09 Å². The van der Waals surface area contributed by atoms with Gasteiger partial charge >= 0.3 is 6.09 Å². The lowest BCUT2D eigenvalue weighted by atomic mass is 10.2. The van der Waals surface area contributed by atoms with Crippen LogP contribution in [0.5, 0.6) is 5.75 Å². The second-order valence-corrected chi connectivity index (χ2v) is 5.51. The molecule has 0 radical (unpaired) electrons. The molecular formula is C15H17N3O3S. The molecule has 1 amide bonds. The molecule has 0 unspecified atom stereocenters. The number of hydrogen-bond donors (Lipinski definition) is 2. The molecule has 6 nitrogen and oxygen atoms in total.